The number of anilines is 1. The number of aromatic nitrogens is 2. The molecule has 8 heteroatoms. The minimum absolute atomic E-state index is 0.196. The largest absolute Gasteiger partial charge is 0.436 e. The zero-order valence-corrected chi connectivity index (χ0v) is 14.2. The van der Waals surface area contributed by atoms with Crippen molar-refractivity contribution in [3.63, 3.8) is 0 Å². The van der Waals surface area contributed by atoms with Crippen LogP contribution in [0.3, 0.4) is 0 Å². The molecule has 2 aromatic heterocycles. The Bertz CT molecular complexity index is 1140. The van der Waals surface area contributed by atoms with Crippen LogP contribution in [0.5, 0.6) is 0 Å². The van der Waals surface area contributed by atoms with Crippen LogP contribution < -0.4 is 5.32 Å². The second-order valence-electron chi connectivity index (χ2n) is 5.97. The number of rotatable bonds is 3. The summed E-state index contributed by atoms with van der Waals surface area (Å²) in [5.41, 5.74) is 1.58. The van der Waals surface area contributed by atoms with Crippen LogP contribution in [0, 0.1) is 0 Å². The second-order valence-corrected chi connectivity index (χ2v) is 5.97. The third-order valence-corrected chi connectivity index (χ3v) is 4.05. The first-order valence-electron chi connectivity index (χ1n) is 8.20. The smallest absolute Gasteiger partial charge is 0.416 e. The van der Waals surface area contributed by atoms with Crippen molar-refractivity contribution in [2.75, 3.05) is 5.32 Å². The van der Waals surface area contributed by atoms with Crippen LogP contribution in [0.2, 0.25) is 0 Å². The Kier molecular flexibility index (Phi) is 4.31. The van der Waals surface area contributed by atoms with Gasteiger partial charge in [0.25, 0.3) is 5.91 Å². The molecule has 0 radical (unpaired) electrons. The van der Waals surface area contributed by atoms with Crippen LogP contribution in [0.15, 0.2) is 71.4 Å². The lowest BCUT2D eigenvalue weighted by Crippen LogP contribution is -2.11. The Morgan fingerprint density at radius 3 is 2.36 bits per heavy atom. The van der Waals surface area contributed by atoms with Crippen molar-refractivity contribution in [3.8, 4) is 11.5 Å². The zero-order chi connectivity index (χ0) is 19.7. The normalized spacial score (nSPS) is 11.5. The number of nitrogens with one attached hydrogen (secondary N) is 1. The lowest BCUT2D eigenvalue weighted by molar-refractivity contribution is -0.137. The predicted octanol–water partition coefficient (Wildman–Crippen LogP) is 5.16. The molecule has 0 bridgehead atoms. The number of carbonyl (C=O) groups is 1. The predicted molar refractivity (Wildman–Crippen MR) is 96.6 cm³/mol. The van der Waals surface area contributed by atoms with Crippen molar-refractivity contribution in [1.29, 1.82) is 0 Å². The molecule has 2 aromatic carbocycles. The number of alkyl halides is 3. The molecule has 28 heavy (non-hydrogen) atoms. The molecule has 140 valence electrons. The van der Waals surface area contributed by atoms with E-state index < -0.39 is 11.7 Å². The quantitative estimate of drug-likeness (QED) is 0.531. The molecule has 0 saturated carbocycles. The van der Waals surface area contributed by atoms with Gasteiger partial charge in [-0.2, -0.15) is 13.2 Å². The SMILES string of the molecule is O=C(Nc1ccc2oc(-c3ccc(C(F)(F)F)cc3)nc2c1)c1ccncc1. The number of fused-ring (bicyclic) bond motifs is 1. The Balaban J connectivity index is 1.59. The molecule has 5 nitrogen and oxygen atoms in total. The summed E-state index contributed by atoms with van der Waals surface area (Å²) in [6.07, 6.45) is -1.36. The number of pyridine rings is 1. The molecular formula is C20H12F3N3O2. The van der Waals surface area contributed by atoms with Gasteiger partial charge in [-0.15, -0.1) is 0 Å². The number of benzene rings is 2. The highest BCUT2D eigenvalue weighted by Gasteiger charge is 2.30. The van der Waals surface area contributed by atoms with E-state index in [4.69, 9.17) is 4.42 Å². The third kappa shape index (κ3) is 3.57. The van der Waals surface area contributed by atoms with Crippen LogP contribution in [-0.2, 0) is 6.18 Å². The van der Waals surface area contributed by atoms with Gasteiger partial charge in [-0.1, -0.05) is 0 Å². The van der Waals surface area contributed by atoms with E-state index in [9.17, 15) is 18.0 Å². The van der Waals surface area contributed by atoms with Crippen LogP contribution in [0.25, 0.3) is 22.6 Å². The maximum Gasteiger partial charge on any atom is 0.416 e. The Hall–Kier alpha value is -3.68. The highest BCUT2D eigenvalue weighted by Crippen LogP contribution is 2.32. The average molecular weight is 383 g/mol. The molecule has 0 fully saturated rings. The van der Waals surface area contributed by atoms with E-state index in [1.807, 2.05) is 0 Å². The van der Waals surface area contributed by atoms with Gasteiger partial charge >= 0.3 is 6.18 Å². The molecule has 0 saturated heterocycles. The highest BCUT2D eigenvalue weighted by atomic mass is 19.4. The number of hydrogen-bond acceptors (Lipinski definition) is 4. The lowest BCUT2D eigenvalue weighted by Gasteiger charge is -2.05. The summed E-state index contributed by atoms with van der Waals surface area (Å²) in [6, 6.07) is 12.7. The molecule has 1 amide bonds. The Morgan fingerprint density at radius 2 is 1.68 bits per heavy atom. The number of carbonyl (C=O) groups excluding carboxylic acids is 1. The molecule has 4 rings (SSSR count). The van der Waals surface area contributed by atoms with Gasteiger partial charge in [0.05, 0.1) is 5.56 Å². The monoisotopic (exact) mass is 383 g/mol. The van der Waals surface area contributed by atoms with Crippen molar-refractivity contribution in [1.82, 2.24) is 9.97 Å². The van der Waals surface area contributed by atoms with Crippen LogP contribution in [-0.4, -0.2) is 15.9 Å². The summed E-state index contributed by atoms with van der Waals surface area (Å²) in [4.78, 5) is 20.4. The van der Waals surface area contributed by atoms with Gasteiger partial charge in [-0.25, -0.2) is 4.98 Å². The fraction of sp³-hybridized carbons (Fsp3) is 0.0500. The third-order valence-electron chi connectivity index (χ3n) is 4.05. The molecule has 0 aliphatic heterocycles. The van der Waals surface area contributed by atoms with Gasteiger partial charge < -0.3 is 9.73 Å². The van der Waals surface area contributed by atoms with Gasteiger partial charge in [-0.3, -0.25) is 9.78 Å². The number of nitrogens with zero attached hydrogens (tertiary/aromatic N) is 2. The molecular weight excluding hydrogens is 371 g/mol. The lowest BCUT2D eigenvalue weighted by atomic mass is 10.1. The van der Waals surface area contributed by atoms with E-state index in [2.05, 4.69) is 15.3 Å². The Morgan fingerprint density at radius 1 is 0.964 bits per heavy atom. The number of hydrogen-bond donors (Lipinski definition) is 1. The minimum Gasteiger partial charge on any atom is -0.436 e. The van der Waals surface area contributed by atoms with Crippen molar-refractivity contribution >= 4 is 22.7 Å². The van der Waals surface area contributed by atoms with Crippen molar-refractivity contribution in [2.24, 2.45) is 0 Å². The number of amides is 1. The van der Waals surface area contributed by atoms with Gasteiger partial charge in [0.2, 0.25) is 5.89 Å². The molecule has 4 aromatic rings. The van der Waals surface area contributed by atoms with E-state index in [1.165, 1.54) is 24.5 Å². The summed E-state index contributed by atoms with van der Waals surface area (Å²) in [7, 11) is 0. The number of halogens is 3. The highest BCUT2D eigenvalue weighted by molar-refractivity contribution is 6.04. The van der Waals surface area contributed by atoms with Gasteiger partial charge in [0, 0.05) is 29.2 Å². The summed E-state index contributed by atoms with van der Waals surface area (Å²) in [6.45, 7) is 0. The molecule has 0 unspecified atom stereocenters. The van der Waals surface area contributed by atoms with E-state index in [0.717, 1.165) is 12.1 Å². The summed E-state index contributed by atoms with van der Waals surface area (Å²) >= 11 is 0. The maximum absolute atomic E-state index is 12.7. The number of oxazole rings is 1. The summed E-state index contributed by atoms with van der Waals surface area (Å²) in [5, 5.41) is 2.75. The van der Waals surface area contributed by atoms with E-state index in [-0.39, 0.29) is 11.8 Å². The van der Waals surface area contributed by atoms with Gasteiger partial charge in [0.1, 0.15) is 5.52 Å². The second kappa shape index (κ2) is 6.80. The van der Waals surface area contributed by atoms with Crippen molar-refractivity contribution in [3.05, 3.63) is 78.1 Å². The minimum atomic E-state index is -4.40. The molecule has 0 spiro atoms. The Labute approximate surface area is 156 Å². The van der Waals surface area contributed by atoms with Crippen LogP contribution in [0.1, 0.15) is 15.9 Å². The first-order valence-corrected chi connectivity index (χ1v) is 8.20. The van der Waals surface area contributed by atoms with Gasteiger partial charge in [-0.05, 0) is 54.6 Å². The van der Waals surface area contributed by atoms with E-state index in [0.29, 0.717) is 27.9 Å². The van der Waals surface area contributed by atoms with E-state index in [1.54, 1.807) is 30.3 Å². The molecule has 0 aliphatic rings. The van der Waals surface area contributed by atoms with Crippen molar-refractivity contribution in [2.45, 2.75) is 6.18 Å². The average Bonchev–Trinajstić information content (AvgIpc) is 3.11. The summed E-state index contributed by atoms with van der Waals surface area (Å²) in [5.74, 6) is -0.102. The molecule has 2 heterocycles. The molecule has 1 N–H and O–H groups in total. The standard InChI is InChI=1S/C20H12F3N3O2/c21-20(22,23)14-3-1-13(2-4-14)19-26-16-11-15(5-6-17(16)28-19)25-18(27)12-7-9-24-10-8-12/h1-11H,(H,25,27). The van der Waals surface area contributed by atoms with Gasteiger partial charge in [0.15, 0.2) is 5.58 Å². The van der Waals surface area contributed by atoms with Crippen LogP contribution >= 0.6 is 0 Å². The van der Waals surface area contributed by atoms with Crippen LogP contribution in [0.4, 0.5) is 18.9 Å². The molecule has 0 atom stereocenters. The van der Waals surface area contributed by atoms with Crippen molar-refractivity contribution < 1.29 is 22.4 Å². The maximum atomic E-state index is 12.7. The summed E-state index contributed by atoms with van der Waals surface area (Å²) < 4.78 is 43.7. The fourth-order valence-corrected chi connectivity index (χ4v) is 2.64. The first-order chi connectivity index (χ1) is 13.4. The topological polar surface area (TPSA) is 68.0 Å². The fourth-order valence-electron chi connectivity index (χ4n) is 2.64. The molecule has 0 aliphatic carbocycles. The van der Waals surface area contributed by atoms with E-state index >= 15 is 0 Å². The first kappa shape index (κ1) is 17.7. The zero-order valence-electron chi connectivity index (χ0n) is 14.2.